The Morgan fingerprint density at radius 2 is 1.89 bits per heavy atom. The van der Waals surface area contributed by atoms with Crippen LogP contribution in [0.5, 0.6) is 0 Å². The van der Waals surface area contributed by atoms with Gasteiger partial charge in [0.2, 0.25) is 9.84 Å². The normalized spacial score (nSPS) is 12.7. The lowest BCUT2D eigenvalue weighted by Gasteiger charge is -2.27. The molecule has 0 bridgehead atoms. The second-order valence-corrected chi connectivity index (χ2v) is 6.63. The monoisotopic (exact) mass is 293 g/mol. The summed E-state index contributed by atoms with van der Waals surface area (Å²) in [5.74, 6) is -3.44. The molecule has 0 aliphatic carbocycles. The maximum Gasteiger partial charge on any atom is 0.341 e. The first-order valence-corrected chi connectivity index (χ1v) is 7.13. The fraction of sp³-hybridized carbons (Fsp3) is 0.500. The van der Waals surface area contributed by atoms with Crippen LogP contribution in [-0.4, -0.2) is 33.4 Å². The zero-order valence-corrected chi connectivity index (χ0v) is 11.8. The number of hydrogen-bond acceptors (Lipinski definition) is 4. The predicted molar refractivity (Wildman–Crippen MR) is 69.2 cm³/mol. The maximum atomic E-state index is 12.6. The SMILES string of the molecule is COCC(C)(C)Nc1ccccc1S(=O)(=O)C(F)F. The molecule has 1 aromatic rings. The number of sulfone groups is 1. The molecule has 0 amide bonds. The van der Waals surface area contributed by atoms with Crippen molar-refractivity contribution in [3.05, 3.63) is 24.3 Å². The molecule has 4 nitrogen and oxygen atoms in total. The van der Waals surface area contributed by atoms with Crippen molar-refractivity contribution in [1.82, 2.24) is 0 Å². The first-order valence-electron chi connectivity index (χ1n) is 5.59. The van der Waals surface area contributed by atoms with Crippen LogP contribution in [0.1, 0.15) is 13.8 Å². The first kappa shape index (κ1) is 15.8. The number of hydrogen-bond donors (Lipinski definition) is 1. The van der Waals surface area contributed by atoms with Gasteiger partial charge in [-0.2, -0.15) is 8.78 Å². The van der Waals surface area contributed by atoms with E-state index in [1.807, 2.05) is 0 Å². The van der Waals surface area contributed by atoms with Gasteiger partial charge in [-0.05, 0) is 26.0 Å². The lowest BCUT2D eigenvalue weighted by atomic mass is 10.1. The number of para-hydroxylation sites is 1. The van der Waals surface area contributed by atoms with Crippen molar-refractivity contribution in [2.45, 2.75) is 30.0 Å². The Hall–Kier alpha value is -1.21. The molecule has 0 aromatic heterocycles. The highest BCUT2D eigenvalue weighted by molar-refractivity contribution is 7.91. The summed E-state index contributed by atoms with van der Waals surface area (Å²) in [6.45, 7) is 3.86. The van der Waals surface area contributed by atoms with E-state index in [4.69, 9.17) is 4.74 Å². The van der Waals surface area contributed by atoms with Crippen LogP contribution in [0.15, 0.2) is 29.2 Å². The number of benzene rings is 1. The van der Waals surface area contributed by atoms with Gasteiger partial charge in [-0.1, -0.05) is 12.1 Å². The smallest absolute Gasteiger partial charge is 0.341 e. The van der Waals surface area contributed by atoms with Crippen LogP contribution in [0.25, 0.3) is 0 Å². The van der Waals surface area contributed by atoms with Crippen LogP contribution in [0.3, 0.4) is 0 Å². The van der Waals surface area contributed by atoms with Crippen LogP contribution < -0.4 is 5.32 Å². The molecule has 0 aliphatic rings. The fourth-order valence-corrected chi connectivity index (χ4v) is 2.56. The molecule has 1 aromatic carbocycles. The van der Waals surface area contributed by atoms with Gasteiger partial charge in [0.25, 0.3) is 0 Å². The summed E-state index contributed by atoms with van der Waals surface area (Å²) >= 11 is 0. The van der Waals surface area contributed by atoms with Gasteiger partial charge in [-0.15, -0.1) is 0 Å². The summed E-state index contributed by atoms with van der Waals surface area (Å²) in [5.41, 5.74) is -0.437. The van der Waals surface area contributed by atoms with Crippen LogP contribution in [0.4, 0.5) is 14.5 Å². The number of rotatable bonds is 6. The Balaban J connectivity index is 3.18. The van der Waals surface area contributed by atoms with E-state index < -0.39 is 26.0 Å². The van der Waals surface area contributed by atoms with Gasteiger partial charge in [-0.3, -0.25) is 0 Å². The minimum atomic E-state index is -4.63. The van der Waals surface area contributed by atoms with Gasteiger partial charge in [0.05, 0.1) is 22.7 Å². The Labute approximate surface area is 111 Å². The lowest BCUT2D eigenvalue weighted by molar-refractivity contribution is 0.158. The van der Waals surface area contributed by atoms with E-state index in [1.54, 1.807) is 19.9 Å². The second-order valence-electron chi connectivity index (χ2n) is 4.74. The highest BCUT2D eigenvalue weighted by Gasteiger charge is 2.30. The number of ether oxygens (including phenoxy) is 1. The molecule has 7 heteroatoms. The Morgan fingerprint density at radius 1 is 1.32 bits per heavy atom. The van der Waals surface area contributed by atoms with Gasteiger partial charge < -0.3 is 10.1 Å². The number of nitrogens with one attached hydrogen (secondary N) is 1. The minimum Gasteiger partial charge on any atom is -0.382 e. The summed E-state index contributed by atoms with van der Waals surface area (Å²) in [6.07, 6.45) is 0. The number of alkyl halides is 2. The molecule has 0 spiro atoms. The summed E-state index contributed by atoms with van der Waals surface area (Å²) in [5, 5.41) is 2.91. The van der Waals surface area contributed by atoms with E-state index in [0.717, 1.165) is 6.07 Å². The first-order chi connectivity index (χ1) is 8.70. The molecule has 0 saturated carbocycles. The average molecular weight is 293 g/mol. The largest absolute Gasteiger partial charge is 0.382 e. The lowest BCUT2D eigenvalue weighted by Crippen LogP contribution is -2.36. The van der Waals surface area contributed by atoms with E-state index in [9.17, 15) is 17.2 Å². The molecule has 0 heterocycles. The Kier molecular flexibility index (Phi) is 4.86. The average Bonchev–Trinajstić information content (AvgIpc) is 2.28. The zero-order valence-electron chi connectivity index (χ0n) is 11.0. The number of anilines is 1. The molecular formula is C12H17F2NO3S. The highest BCUT2D eigenvalue weighted by Crippen LogP contribution is 2.28. The second kappa shape index (κ2) is 5.83. The van der Waals surface area contributed by atoms with Gasteiger partial charge in [-0.25, -0.2) is 8.42 Å². The van der Waals surface area contributed by atoms with Crippen LogP contribution in [0.2, 0.25) is 0 Å². The standard InChI is InChI=1S/C12H17F2NO3S/c1-12(2,8-18-3)15-9-6-4-5-7-10(9)19(16,17)11(13)14/h4-7,11,15H,8H2,1-3H3. The summed E-state index contributed by atoms with van der Waals surface area (Å²) in [6, 6.07) is 5.60. The van der Waals surface area contributed by atoms with Crippen molar-refractivity contribution in [2.24, 2.45) is 0 Å². The number of halogens is 2. The molecule has 19 heavy (non-hydrogen) atoms. The molecular weight excluding hydrogens is 276 g/mol. The van der Waals surface area contributed by atoms with Gasteiger partial charge >= 0.3 is 5.76 Å². The van der Waals surface area contributed by atoms with Crippen molar-refractivity contribution in [1.29, 1.82) is 0 Å². The van der Waals surface area contributed by atoms with E-state index in [2.05, 4.69) is 5.32 Å². The molecule has 0 saturated heterocycles. The molecule has 0 unspecified atom stereocenters. The van der Waals surface area contributed by atoms with E-state index in [0.29, 0.717) is 6.61 Å². The van der Waals surface area contributed by atoms with Crippen molar-refractivity contribution in [3.8, 4) is 0 Å². The third-order valence-corrected chi connectivity index (χ3v) is 3.84. The molecule has 108 valence electrons. The third-order valence-electron chi connectivity index (χ3n) is 2.41. The molecule has 0 fully saturated rings. The molecule has 0 aliphatic heterocycles. The van der Waals surface area contributed by atoms with Crippen molar-refractivity contribution >= 4 is 15.5 Å². The fourth-order valence-electron chi connectivity index (χ4n) is 1.68. The molecule has 0 atom stereocenters. The highest BCUT2D eigenvalue weighted by atomic mass is 32.2. The van der Waals surface area contributed by atoms with Crippen LogP contribution in [-0.2, 0) is 14.6 Å². The molecule has 1 rings (SSSR count). The summed E-state index contributed by atoms with van der Waals surface area (Å²) < 4.78 is 53.4. The van der Waals surface area contributed by atoms with Gasteiger partial charge in [0.15, 0.2) is 0 Å². The van der Waals surface area contributed by atoms with Gasteiger partial charge in [0, 0.05) is 7.11 Å². The molecule has 0 radical (unpaired) electrons. The Bertz CT molecular complexity index is 530. The molecule has 1 N–H and O–H groups in total. The van der Waals surface area contributed by atoms with Crippen LogP contribution in [0, 0.1) is 0 Å². The minimum absolute atomic E-state index is 0.143. The van der Waals surface area contributed by atoms with Gasteiger partial charge in [0.1, 0.15) is 0 Å². The van der Waals surface area contributed by atoms with E-state index >= 15 is 0 Å². The van der Waals surface area contributed by atoms with Crippen molar-refractivity contribution in [2.75, 3.05) is 19.0 Å². The zero-order chi connectivity index (χ0) is 14.7. The van der Waals surface area contributed by atoms with Crippen LogP contribution >= 0.6 is 0 Å². The van der Waals surface area contributed by atoms with E-state index in [-0.39, 0.29) is 5.69 Å². The van der Waals surface area contributed by atoms with Crippen molar-refractivity contribution in [3.63, 3.8) is 0 Å². The summed E-state index contributed by atoms with van der Waals surface area (Å²) in [4.78, 5) is -0.408. The number of methoxy groups -OCH3 is 1. The van der Waals surface area contributed by atoms with E-state index in [1.165, 1.54) is 19.2 Å². The quantitative estimate of drug-likeness (QED) is 0.875. The predicted octanol–water partition coefficient (Wildman–Crippen LogP) is 2.52. The Morgan fingerprint density at radius 3 is 2.42 bits per heavy atom. The maximum absolute atomic E-state index is 12.6. The summed E-state index contributed by atoms with van der Waals surface area (Å²) in [7, 11) is -3.13. The topological polar surface area (TPSA) is 55.4 Å². The third kappa shape index (κ3) is 3.87. The van der Waals surface area contributed by atoms with Crippen molar-refractivity contribution < 1.29 is 21.9 Å².